The zero-order valence-corrected chi connectivity index (χ0v) is 7.12. The minimum absolute atomic E-state index is 0.0705. The van der Waals surface area contributed by atoms with E-state index in [9.17, 15) is 0 Å². The monoisotopic (exact) mass is 160 g/mol. The van der Waals surface area contributed by atoms with Crippen molar-refractivity contribution in [3.8, 4) is 6.07 Å². The third kappa shape index (κ3) is 2.08. The molecule has 0 radical (unpaired) electrons. The van der Waals surface area contributed by atoms with Crippen LogP contribution in [0.15, 0.2) is 24.3 Å². The molecule has 1 atom stereocenters. The van der Waals surface area contributed by atoms with Crippen LogP contribution in [0.2, 0.25) is 0 Å². The van der Waals surface area contributed by atoms with Crippen molar-refractivity contribution in [1.82, 2.24) is 0 Å². The predicted molar refractivity (Wildman–Crippen MR) is 48.4 cm³/mol. The van der Waals surface area contributed by atoms with Gasteiger partial charge in [0.05, 0.1) is 12.5 Å². The van der Waals surface area contributed by atoms with Gasteiger partial charge in [0, 0.05) is 6.04 Å². The summed E-state index contributed by atoms with van der Waals surface area (Å²) in [7, 11) is 0. The van der Waals surface area contributed by atoms with Gasteiger partial charge in [-0.1, -0.05) is 24.3 Å². The molecule has 1 aromatic carbocycles. The summed E-state index contributed by atoms with van der Waals surface area (Å²) in [4.78, 5) is 0. The molecular formula is C10H12N2. The van der Waals surface area contributed by atoms with Crippen molar-refractivity contribution in [3.05, 3.63) is 35.4 Å². The van der Waals surface area contributed by atoms with Crippen LogP contribution in [0.1, 0.15) is 24.1 Å². The zero-order valence-electron chi connectivity index (χ0n) is 7.12. The molecule has 1 aromatic rings. The van der Waals surface area contributed by atoms with E-state index in [1.54, 1.807) is 0 Å². The molecule has 0 aromatic heterocycles. The van der Waals surface area contributed by atoms with Gasteiger partial charge in [0.1, 0.15) is 0 Å². The topological polar surface area (TPSA) is 49.8 Å². The van der Waals surface area contributed by atoms with Crippen molar-refractivity contribution in [2.75, 3.05) is 0 Å². The van der Waals surface area contributed by atoms with Crippen molar-refractivity contribution in [3.63, 3.8) is 0 Å². The van der Waals surface area contributed by atoms with Crippen LogP contribution in [0.3, 0.4) is 0 Å². The number of rotatable bonds is 2. The first kappa shape index (κ1) is 8.76. The zero-order chi connectivity index (χ0) is 8.97. The summed E-state index contributed by atoms with van der Waals surface area (Å²) < 4.78 is 0. The van der Waals surface area contributed by atoms with E-state index in [1.807, 2.05) is 31.2 Å². The summed E-state index contributed by atoms with van der Waals surface area (Å²) in [5.74, 6) is 0. The summed E-state index contributed by atoms with van der Waals surface area (Å²) in [5.41, 5.74) is 7.82. The lowest BCUT2D eigenvalue weighted by Gasteiger charge is -2.04. The SMILES string of the molecule is C[C@H](N)c1ccc(CC#N)cc1. The van der Waals surface area contributed by atoms with Crippen molar-refractivity contribution in [2.45, 2.75) is 19.4 Å². The van der Waals surface area contributed by atoms with Gasteiger partial charge in [-0.2, -0.15) is 5.26 Å². The van der Waals surface area contributed by atoms with E-state index in [4.69, 9.17) is 11.0 Å². The van der Waals surface area contributed by atoms with Crippen LogP contribution in [-0.4, -0.2) is 0 Å². The molecule has 0 aliphatic heterocycles. The van der Waals surface area contributed by atoms with E-state index in [-0.39, 0.29) is 6.04 Å². The Morgan fingerprint density at radius 1 is 1.42 bits per heavy atom. The standard InChI is InChI=1S/C10H12N2/c1-8(12)10-4-2-9(3-5-10)6-7-11/h2-5,8H,6,12H2,1H3/t8-/m0/s1. The first-order valence-electron chi connectivity index (χ1n) is 3.95. The summed E-state index contributed by atoms with van der Waals surface area (Å²) in [6.07, 6.45) is 0.471. The Kier molecular flexibility index (Phi) is 2.84. The molecule has 0 unspecified atom stereocenters. The van der Waals surface area contributed by atoms with Crippen molar-refractivity contribution in [1.29, 1.82) is 5.26 Å². The largest absolute Gasteiger partial charge is 0.324 e. The molecule has 0 saturated heterocycles. The minimum Gasteiger partial charge on any atom is -0.324 e. The summed E-state index contributed by atoms with van der Waals surface area (Å²) in [6.45, 7) is 1.94. The molecule has 0 bridgehead atoms. The van der Waals surface area contributed by atoms with Gasteiger partial charge in [0.2, 0.25) is 0 Å². The molecule has 62 valence electrons. The first-order valence-corrected chi connectivity index (χ1v) is 3.95. The molecule has 1 rings (SSSR count). The summed E-state index contributed by atoms with van der Waals surface area (Å²) in [5, 5.41) is 8.42. The van der Waals surface area contributed by atoms with E-state index in [0.29, 0.717) is 6.42 Å². The van der Waals surface area contributed by atoms with Crippen LogP contribution in [0, 0.1) is 11.3 Å². The third-order valence-corrected chi connectivity index (χ3v) is 1.79. The normalized spacial score (nSPS) is 12.1. The second-order valence-corrected chi connectivity index (χ2v) is 2.87. The lowest BCUT2D eigenvalue weighted by Crippen LogP contribution is -2.04. The molecule has 12 heavy (non-hydrogen) atoms. The molecule has 0 aliphatic rings. The Bertz CT molecular complexity index is 280. The number of benzene rings is 1. The van der Waals surface area contributed by atoms with Gasteiger partial charge in [-0.3, -0.25) is 0 Å². The lowest BCUT2D eigenvalue weighted by atomic mass is 10.1. The maximum Gasteiger partial charge on any atom is 0.0669 e. The molecule has 0 saturated carbocycles. The van der Waals surface area contributed by atoms with Crippen molar-refractivity contribution < 1.29 is 0 Å². The first-order chi connectivity index (χ1) is 5.74. The molecular weight excluding hydrogens is 148 g/mol. The Morgan fingerprint density at radius 3 is 2.42 bits per heavy atom. The molecule has 0 heterocycles. The van der Waals surface area contributed by atoms with E-state index in [1.165, 1.54) is 0 Å². The van der Waals surface area contributed by atoms with Crippen molar-refractivity contribution >= 4 is 0 Å². The number of nitrogens with zero attached hydrogens (tertiary/aromatic N) is 1. The molecule has 2 heteroatoms. The highest BCUT2D eigenvalue weighted by Crippen LogP contribution is 2.10. The van der Waals surface area contributed by atoms with E-state index < -0.39 is 0 Å². The Hall–Kier alpha value is -1.33. The lowest BCUT2D eigenvalue weighted by molar-refractivity contribution is 0.817. The Balaban J connectivity index is 2.80. The Labute approximate surface area is 72.6 Å². The van der Waals surface area contributed by atoms with Crippen LogP contribution in [-0.2, 0) is 6.42 Å². The molecule has 2 N–H and O–H groups in total. The van der Waals surface area contributed by atoms with Crippen LogP contribution >= 0.6 is 0 Å². The summed E-state index contributed by atoms with van der Waals surface area (Å²) in [6, 6.07) is 10.0. The highest BCUT2D eigenvalue weighted by Gasteiger charge is 1.97. The summed E-state index contributed by atoms with van der Waals surface area (Å²) >= 11 is 0. The number of hydrogen-bond donors (Lipinski definition) is 1. The van der Waals surface area contributed by atoms with Gasteiger partial charge in [-0.25, -0.2) is 0 Å². The molecule has 0 amide bonds. The second kappa shape index (κ2) is 3.89. The highest BCUT2D eigenvalue weighted by molar-refractivity contribution is 5.25. The van der Waals surface area contributed by atoms with Crippen LogP contribution in [0.25, 0.3) is 0 Å². The highest BCUT2D eigenvalue weighted by atomic mass is 14.6. The Morgan fingerprint density at radius 2 is 2.00 bits per heavy atom. The van der Waals surface area contributed by atoms with Gasteiger partial charge in [0.25, 0.3) is 0 Å². The fourth-order valence-electron chi connectivity index (χ4n) is 1.03. The average Bonchev–Trinajstić information content (AvgIpc) is 2.06. The molecule has 2 nitrogen and oxygen atoms in total. The maximum absolute atomic E-state index is 8.42. The number of nitriles is 1. The van der Waals surface area contributed by atoms with E-state index in [2.05, 4.69) is 6.07 Å². The minimum atomic E-state index is 0.0705. The molecule has 0 spiro atoms. The fourth-order valence-corrected chi connectivity index (χ4v) is 1.03. The fraction of sp³-hybridized carbons (Fsp3) is 0.300. The maximum atomic E-state index is 8.42. The van der Waals surface area contributed by atoms with Gasteiger partial charge in [-0.15, -0.1) is 0 Å². The van der Waals surface area contributed by atoms with E-state index >= 15 is 0 Å². The van der Waals surface area contributed by atoms with Gasteiger partial charge in [-0.05, 0) is 18.1 Å². The van der Waals surface area contributed by atoms with Crippen LogP contribution in [0.4, 0.5) is 0 Å². The van der Waals surface area contributed by atoms with E-state index in [0.717, 1.165) is 11.1 Å². The molecule has 0 fully saturated rings. The van der Waals surface area contributed by atoms with Gasteiger partial charge < -0.3 is 5.73 Å². The number of hydrogen-bond acceptors (Lipinski definition) is 2. The quantitative estimate of drug-likeness (QED) is 0.716. The van der Waals surface area contributed by atoms with Gasteiger partial charge >= 0.3 is 0 Å². The van der Waals surface area contributed by atoms with Gasteiger partial charge in [0.15, 0.2) is 0 Å². The third-order valence-electron chi connectivity index (χ3n) is 1.79. The second-order valence-electron chi connectivity index (χ2n) is 2.87. The predicted octanol–water partition coefficient (Wildman–Crippen LogP) is 1.77. The van der Waals surface area contributed by atoms with Crippen LogP contribution < -0.4 is 5.73 Å². The van der Waals surface area contributed by atoms with Crippen LogP contribution in [0.5, 0.6) is 0 Å². The number of nitrogens with two attached hydrogens (primary N) is 1. The average molecular weight is 160 g/mol. The smallest absolute Gasteiger partial charge is 0.0669 e. The molecule has 0 aliphatic carbocycles. The van der Waals surface area contributed by atoms with Crippen molar-refractivity contribution in [2.24, 2.45) is 5.73 Å².